The number of halogens is 9. The van der Waals surface area contributed by atoms with Crippen LogP contribution in [0.25, 0.3) is 0 Å². The molecule has 5 nitrogen and oxygen atoms in total. The van der Waals surface area contributed by atoms with Crippen LogP contribution >= 0.6 is 0 Å². The molecule has 164 valence electrons. The van der Waals surface area contributed by atoms with Gasteiger partial charge in [0.05, 0.1) is 19.6 Å². The van der Waals surface area contributed by atoms with E-state index in [4.69, 9.17) is 0 Å². The molecule has 0 atom stereocenters. The van der Waals surface area contributed by atoms with E-state index in [1.807, 2.05) is 5.32 Å². The first-order chi connectivity index (χ1) is 13.0. The van der Waals surface area contributed by atoms with E-state index in [9.17, 15) is 49.4 Å². The molecule has 1 heterocycles. The summed E-state index contributed by atoms with van der Waals surface area (Å²) in [6.07, 6.45) is -18.6. The van der Waals surface area contributed by atoms with Gasteiger partial charge in [-0.25, -0.2) is 0 Å². The minimum absolute atomic E-state index is 0.235. The molecule has 1 saturated heterocycles. The van der Waals surface area contributed by atoms with Gasteiger partial charge in [-0.1, -0.05) is 12.1 Å². The Kier molecular flexibility index (Phi) is 5.86. The molecule has 0 aliphatic carbocycles. The lowest BCUT2D eigenvalue weighted by Gasteiger charge is -2.32. The third-order valence-electron chi connectivity index (χ3n) is 3.99. The number of carbonyl (C=O) groups is 1. The molecule has 2 N–H and O–H groups in total. The third-order valence-corrected chi connectivity index (χ3v) is 3.99. The summed E-state index contributed by atoms with van der Waals surface area (Å²) in [5, 5.41) is 11.1. The Morgan fingerprint density at radius 2 is 1.38 bits per heavy atom. The van der Waals surface area contributed by atoms with Crippen LogP contribution < -0.4 is 5.32 Å². The van der Waals surface area contributed by atoms with E-state index >= 15 is 0 Å². The highest BCUT2D eigenvalue weighted by atomic mass is 19.4. The van der Waals surface area contributed by atoms with Gasteiger partial charge in [-0.05, 0) is 12.1 Å². The van der Waals surface area contributed by atoms with Crippen LogP contribution in [0, 0.1) is 0 Å². The number of alkyl halides is 9. The molecule has 1 aromatic rings. The first kappa shape index (κ1) is 23.2. The quantitative estimate of drug-likeness (QED) is 0.701. The van der Waals surface area contributed by atoms with Gasteiger partial charge in [-0.3, -0.25) is 4.79 Å². The first-order valence-corrected chi connectivity index (χ1v) is 7.64. The maximum Gasteiger partial charge on any atom is 0.443 e. The van der Waals surface area contributed by atoms with Gasteiger partial charge >= 0.3 is 18.5 Å². The van der Waals surface area contributed by atoms with E-state index in [2.05, 4.69) is 9.47 Å². The topological polar surface area (TPSA) is 67.8 Å². The monoisotopic (exact) mass is 441 g/mol. The van der Waals surface area contributed by atoms with Gasteiger partial charge in [-0.15, -0.1) is 0 Å². The lowest BCUT2D eigenvalue weighted by Crippen LogP contribution is -2.53. The zero-order valence-electron chi connectivity index (χ0n) is 14.0. The van der Waals surface area contributed by atoms with Crippen LogP contribution in [0.2, 0.25) is 0 Å². The van der Waals surface area contributed by atoms with Crippen LogP contribution in [0.4, 0.5) is 45.2 Å². The fourth-order valence-electron chi connectivity index (χ4n) is 2.52. The first-order valence-electron chi connectivity index (χ1n) is 7.64. The molecule has 0 unspecified atom stereocenters. The van der Waals surface area contributed by atoms with E-state index in [0.29, 0.717) is 12.1 Å². The van der Waals surface area contributed by atoms with Crippen LogP contribution in [0.3, 0.4) is 0 Å². The number of hydrogen-bond donors (Lipinski definition) is 2. The van der Waals surface area contributed by atoms with Gasteiger partial charge < -0.3 is 19.9 Å². The summed E-state index contributed by atoms with van der Waals surface area (Å²) >= 11 is 0. The summed E-state index contributed by atoms with van der Waals surface area (Å²) in [4.78, 5) is 11.8. The summed E-state index contributed by atoms with van der Waals surface area (Å²) in [7, 11) is 0. The molecule has 0 aromatic heterocycles. The zero-order chi connectivity index (χ0) is 22.3. The number of ether oxygens (including phenoxy) is 2. The molecule has 1 fully saturated rings. The SMILES string of the molecule is O=C(CC1(C(F)(F)F)OCCO1)Nc1ccc(C(O)(C(F)(F)F)C(F)(F)F)cc1. The Morgan fingerprint density at radius 3 is 1.76 bits per heavy atom. The minimum atomic E-state index is -6.10. The zero-order valence-corrected chi connectivity index (χ0v) is 14.0. The summed E-state index contributed by atoms with van der Waals surface area (Å²) in [6, 6.07) is 1.59. The largest absolute Gasteiger partial charge is 0.443 e. The Bertz CT molecular complexity index is 720. The predicted octanol–water partition coefficient (Wildman–Crippen LogP) is 3.63. The van der Waals surface area contributed by atoms with Crippen molar-refractivity contribution in [1.82, 2.24) is 0 Å². The van der Waals surface area contributed by atoms with Gasteiger partial charge in [0.15, 0.2) is 0 Å². The second-order valence-corrected chi connectivity index (χ2v) is 5.96. The van der Waals surface area contributed by atoms with Crippen molar-refractivity contribution in [3.05, 3.63) is 29.8 Å². The molecule has 29 heavy (non-hydrogen) atoms. The maximum atomic E-state index is 13.1. The fraction of sp³-hybridized carbons (Fsp3) is 0.533. The molecule has 1 aliphatic heterocycles. The Morgan fingerprint density at radius 1 is 0.931 bits per heavy atom. The molecule has 0 bridgehead atoms. The van der Waals surface area contributed by atoms with Crippen LogP contribution in [-0.4, -0.2) is 48.5 Å². The molecule has 1 amide bonds. The number of nitrogens with one attached hydrogen (secondary N) is 1. The van der Waals surface area contributed by atoms with Crippen LogP contribution in [0.1, 0.15) is 12.0 Å². The van der Waals surface area contributed by atoms with E-state index in [1.165, 1.54) is 0 Å². The van der Waals surface area contributed by atoms with Crippen molar-refractivity contribution in [2.45, 2.75) is 36.3 Å². The molecule has 14 heteroatoms. The Labute approximate surface area is 156 Å². The van der Waals surface area contributed by atoms with Crippen molar-refractivity contribution in [3.63, 3.8) is 0 Å². The molecule has 0 radical (unpaired) electrons. The van der Waals surface area contributed by atoms with Gasteiger partial charge in [-0.2, -0.15) is 39.5 Å². The van der Waals surface area contributed by atoms with E-state index in [0.717, 1.165) is 0 Å². The smallest absolute Gasteiger partial charge is 0.369 e. The summed E-state index contributed by atoms with van der Waals surface area (Å²) in [6.45, 7) is -0.871. The van der Waals surface area contributed by atoms with E-state index < -0.39 is 66.7 Å². The molecule has 0 saturated carbocycles. The molecule has 1 aromatic carbocycles. The van der Waals surface area contributed by atoms with Gasteiger partial charge in [0.1, 0.15) is 0 Å². The summed E-state index contributed by atoms with van der Waals surface area (Å²) in [5.74, 6) is -4.53. The number of benzene rings is 1. The highest BCUT2D eigenvalue weighted by molar-refractivity contribution is 5.91. The number of anilines is 1. The third kappa shape index (κ3) is 4.28. The molecular formula is C15H12F9NO4. The second kappa shape index (κ2) is 7.32. The number of hydrogen-bond acceptors (Lipinski definition) is 4. The lowest BCUT2D eigenvalue weighted by molar-refractivity contribution is -0.376. The number of aliphatic hydroxyl groups is 1. The Hall–Kier alpha value is -2.06. The van der Waals surface area contributed by atoms with Crippen molar-refractivity contribution >= 4 is 11.6 Å². The van der Waals surface area contributed by atoms with Gasteiger partial charge in [0, 0.05) is 11.3 Å². The normalized spacial score (nSPS) is 18.0. The molecule has 1 aliphatic rings. The van der Waals surface area contributed by atoms with Crippen LogP contribution in [0.5, 0.6) is 0 Å². The second-order valence-electron chi connectivity index (χ2n) is 5.96. The van der Waals surface area contributed by atoms with E-state index in [-0.39, 0.29) is 12.1 Å². The summed E-state index contributed by atoms with van der Waals surface area (Å²) in [5.41, 5.74) is -7.18. The van der Waals surface area contributed by atoms with Gasteiger partial charge in [0.2, 0.25) is 5.91 Å². The fourth-order valence-corrected chi connectivity index (χ4v) is 2.52. The minimum Gasteiger partial charge on any atom is -0.369 e. The number of carbonyl (C=O) groups excluding carboxylic acids is 1. The van der Waals surface area contributed by atoms with Crippen molar-refractivity contribution in [2.75, 3.05) is 18.5 Å². The average molecular weight is 441 g/mol. The maximum absolute atomic E-state index is 13.1. The van der Waals surface area contributed by atoms with Crippen molar-refractivity contribution < 1.29 is 58.9 Å². The predicted molar refractivity (Wildman–Crippen MR) is 76.4 cm³/mol. The van der Waals surface area contributed by atoms with E-state index in [1.54, 1.807) is 0 Å². The van der Waals surface area contributed by atoms with Crippen molar-refractivity contribution in [3.8, 4) is 0 Å². The lowest BCUT2D eigenvalue weighted by atomic mass is 9.92. The summed E-state index contributed by atoms with van der Waals surface area (Å²) < 4.78 is 125. The highest BCUT2D eigenvalue weighted by Crippen LogP contribution is 2.50. The molecule has 0 spiro atoms. The number of amides is 1. The standard InChI is InChI=1S/C15H12F9NO4/c16-13(17,18)11(28-5-6-29-11)7-10(26)25-9-3-1-8(2-4-9)12(27,14(19,20)21)15(22,23)24/h1-4,27H,5-7H2,(H,25,26). The van der Waals surface area contributed by atoms with Gasteiger partial charge in [0.25, 0.3) is 11.4 Å². The molecule has 2 rings (SSSR count). The highest BCUT2D eigenvalue weighted by Gasteiger charge is 2.71. The van der Waals surface area contributed by atoms with Crippen LogP contribution in [-0.2, 0) is 19.9 Å². The average Bonchev–Trinajstić information content (AvgIpc) is 3.02. The van der Waals surface area contributed by atoms with Crippen molar-refractivity contribution in [1.29, 1.82) is 0 Å². The Balaban J connectivity index is 2.20. The van der Waals surface area contributed by atoms with Crippen molar-refractivity contribution in [2.24, 2.45) is 0 Å². The number of rotatable bonds is 4. The molecular weight excluding hydrogens is 429 g/mol. The van der Waals surface area contributed by atoms with Crippen LogP contribution in [0.15, 0.2) is 24.3 Å².